The Hall–Kier alpha value is -1.22. The van der Waals surface area contributed by atoms with E-state index in [0.29, 0.717) is 0 Å². The van der Waals surface area contributed by atoms with Crippen LogP contribution in [0.5, 0.6) is 0 Å². The fraction of sp³-hybridized carbons (Fsp3) is 0.600. The van der Waals surface area contributed by atoms with E-state index in [1.807, 2.05) is 0 Å². The van der Waals surface area contributed by atoms with Gasteiger partial charge in [0, 0.05) is 0 Å². The average Bonchev–Trinajstić information content (AvgIpc) is 2.00. The zero-order valence-corrected chi connectivity index (χ0v) is 6.34. The Morgan fingerprint density at radius 2 is 1.13 bits per heavy atom. The van der Waals surface area contributed by atoms with Crippen molar-refractivity contribution in [2.45, 2.75) is 18.0 Å². The normalized spacial score (nSPS) is 13.9. The standard InChI is InChI=1S/C5F8O2/c6-2(15)3(7,8)1(14)4(9,10)5(11,12)13. The Morgan fingerprint density at radius 1 is 0.800 bits per heavy atom. The third kappa shape index (κ3) is 2.23. The van der Waals surface area contributed by atoms with Crippen molar-refractivity contribution in [3.8, 4) is 0 Å². The Balaban J connectivity index is 5.29. The summed E-state index contributed by atoms with van der Waals surface area (Å²) in [5, 5.41) is 0. The maximum absolute atomic E-state index is 11.9. The van der Waals surface area contributed by atoms with Crippen LogP contribution < -0.4 is 0 Å². The summed E-state index contributed by atoms with van der Waals surface area (Å²) in [7, 11) is 0. The SMILES string of the molecule is O=C(F)C(F)(F)C(=O)C(F)(F)C(F)(F)F. The summed E-state index contributed by atoms with van der Waals surface area (Å²) < 4.78 is 93.0. The molecule has 2 nitrogen and oxygen atoms in total. The van der Waals surface area contributed by atoms with Crippen molar-refractivity contribution in [3.05, 3.63) is 0 Å². The topological polar surface area (TPSA) is 34.1 Å². The first-order valence-corrected chi connectivity index (χ1v) is 2.92. The Kier molecular flexibility index (Phi) is 3.14. The minimum absolute atomic E-state index is 3.88. The first-order chi connectivity index (χ1) is 6.35. The molecule has 0 atom stereocenters. The summed E-state index contributed by atoms with van der Waals surface area (Å²) in [6, 6.07) is -3.88. The quantitative estimate of drug-likeness (QED) is 0.431. The van der Waals surface area contributed by atoms with Gasteiger partial charge in [-0.05, 0) is 0 Å². The largest absolute Gasteiger partial charge is 0.461 e. The summed E-state index contributed by atoms with van der Waals surface area (Å²) in [6.07, 6.45) is -6.62. The number of carbonyl (C=O) groups excluding carboxylic acids is 2. The maximum Gasteiger partial charge on any atom is 0.461 e. The molecule has 0 aliphatic carbocycles. The summed E-state index contributed by atoms with van der Waals surface area (Å²) in [5.41, 5.74) is 0. The predicted molar refractivity (Wildman–Crippen MR) is 27.1 cm³/mol. The van der Waals surface area contributed by atoms with Crippen LogP contribution in [0.3, 0.4) is 0 Å². The van der Waals surface area contributed by atoms with Crippen LogP contribution in [-0.2, 0) is 9.59 Å². The van der Waals surface area contributed by atoms with Gasteiger partial charge in [-0.1, -0.05) is 0 Å². The highest BCUT2D eigenvalue weighted by atomic mass is 19.4. The van der Waals surface area contributed by atoms with Gasteiger partial charge in [0.25, 0.3) is 5.78 Å². The number of hydrogen-bond acceptors (Lipinski definition) is 2. The molecular formula is C5F8O2. The first-order valence-electron chi connectivity index (χ1n) is 2.92. The molecule has 0 aromatic carbocycles. The van der Waals surface area contributed by atoms with Gasteiger partial charge in [0.05, 0.1) is 0 Å². The number of ketones is 1. The Labute approximate surface area is 75.8 Å². The molecule has 0 aliphatic rings. The van der Waals surface area contributed by atoms with Gasteiger partial charge in [-0.3, -0.25) is 9.59 Å². The van der Waals surface area contributed by atoms with Crippen LogP contribution in [0.2, 0.25) is 0 Å². The number of halogens is 8. The van der Waals surface area contributed by atoms with E-state index in [9.17, 15) is 44.7 Å². The van der Waals surface area contributed by atoms with Gasteiger partial charge >= 0.3 is 24.1 Å². The molecule has 0 heterocycles. The molecule has 0 amide bonds. The molecule has 88 valence electrons. The lowest BCUT2D eigenvalue weighted by atomic mass is 10.1. The lowest BCUT2D eigenvalue weighted by Gasteiger charge is -2.20. The maximum atomic E-state index is 11.9. The van der Waals surface area contributed by atoms with Crippen LogP contribution in [0, 0.1) is 0 Å². The van der Waals surface area contributed by atoms with Gasteiger partial charge in [-0.2, -0.15) is 35.1 Å². The lowest BCUT2D eigenvalue weighted by molar-refractivity contribution is -0.276. The smallest absolute Gasteiger partial charge is 0.285 e. The molecule has 0 spiro atoms. The summed E-state index contributed by atoms with van der Waals surface area (Å²) in [6.45, 7) is 0. The van der Waals surface area contributed by atoms with Crippen LogP contribution >= 0.6 is 0 Å². The molecule has 0 saturated heterocycles. The van der Waals surface area contributed by atoms with Crippen LogP contribution in [0.1, 0.15) is 0 Å². The third-order valence-corrected chi connectivity index (χ3v) is 1.17. The molecule has 0 unspecified atom stereocenters. The predicted octanol–water partition coefficient (Wildman–Crippen LogP) is 1.88. The highest BCUT2D eigenvalue weighted by Gasteiger charge is 2.71. The summed E-state index contributed by atoms with van der Waals surface area (Å²) in [4.78, 5) is 19.2. The Morgan fingerprint density at radius 3 is 1.33 bits per heavy atom. The molecule has 0 aromatic rings. The molecule has 10 heteroatoms. The van der Waals surface area contributed by atoms with Crippen molar-refractivity contribution < 1.29 is 44.7 Å². The summed E-state index contributed by atoms with van der Waals surface area (Å²) in [5.74, 6) is -16.6. The van der Waals surface area contributed by atoms with E-state index in [4.69, 9.17) is 0 Å². The van der Waals surface area contributed by atoms with E-state index in [2.05, 4.69) is 0 Å². The van der Waals surface area contributed by atoms with Crippen LogP contribution in [0.4, 0.5) is 35.1 Å². The number of carbonyl (C=O) groups is 2. The minimum Gasteiger partial charge on any atom is -0.285 e. The van der Waals surface area contributed by atoms with Crippen LogP contribution in [0.15, 0.2) is 0 Å². The average molecular weight is 244 g/mol. The molecule has 0 saturated carbocycles. The van der Waals surface area contributed by atoms with E-state index >= 15 is 0 Å². The van der Waals surface area contributed by atoms with E-state index in [1.165, 1.54) is 0 Å². The molecule has 0 aliphatic heterocycles. The highest BCUT2D eigenvalue weighted by molar-refractivity contribution is 6.08. The van der Waals surface area contributed by atoms with Gasteiger partial charge in [0.15, 0.2) is 0 Å². The van der Waals surface area contributed by atoms with Crippen LogP contribution in [0.25, 0.3) is 0 Å². The van der Waals surface area contributed by atoms with E-state index in [-0.39, 0.29) is 0 Å². The zero-order valence-electron chi connectivity index (χ0n) is 6.34. The van der Waals surface area contributed by atoms with Gasteiger partial charge < -0.3 is 0 Å². The van der Waals surface area contributed by atoms with Crippen molar-refractivity contribution in [2.75, 3.05) is 0 Å². The Bertz CT molecular complexity index is 290. The number of Topliss-reactive ketones (excluding diaryl/α,β-unsaturated/α-hetero) is 1. The van der Waals surface area contributed by atoms with E-state index in [1.54, 1.807) is 0 Å². The van der Waals surface area contributed by atoms with E-state index < -0.39 is 29.8 Å². The fourth-order valence-electron chi connectivity index (χ4n) is 0.415. The second-order valence-corrected chi connectivity index (χ2v) is 2.25. The number of alkyl halides is 7. The summed E-state index contributed by atoms with van der Waals surface area (Å²) >= 11 is 0. The molecule has 15 heavy (non-hydrogen) atoms. The molecule has 0 fully saturated rings. The van der Waals surface area contributed by atoms with Crippen molar-refractivity contribution in [1.82, 2.24) is 0 Å². The van der Waals surface area contributed by atoms with Crippen molar-refractivity contribution in [3.63, 3.8) is 0 Å². The zero-order chi connectivity index (χ0) is 12.7. The van der Waals surface area contributed by atoms with Crippen LogP contribution in [-0.4, -0.2) is 29.8 Å². The van der Waals surface area contributed by atoms with Gasteiger partial charge in [-0.25, -0.2) is 0 Å². The monoisotopic (exact) mass is 244 g/mol. The third-order valence-electron chi connectivity index (χ3n) is 1.17. The number of rotatable bonds is 3. The van der Waals surface area contributed by atoms with Gasteiger partial charge in [-0.15, -0.1) is 0 Å². The lowest BCUT2D eigenvalue weighted by Crippen LogP contribution is -2.54. The van der Waals surface area contributed by atoms with Crippen molar-refractivity contribution in [1.29, 1.82) is 0 Å². The van der Waals surface area contributed by atoms with Gasteiger partial charge in [0.1, 0.15) is 0 Å². The molecule has 0 N–H and O–H groups in total. The van der Waals surface area contributed by atoms with Gasteiger partial charge in [0.2, 0.25) is 0 Å². The molecule has 0 aromatic heterocycles. The fourth-order valence-corrected chi connectivity index (χ4v) is 0.415. The molecule has 0 radical (unpaired) electrons. The van der Waals surface area contributed by atoms with Crippen molar-refractivity contribution in [2.24, 2.45) is 0 Å². The minimum atomic E-state index is -6.62. The van der Waals surface area contributed by atoms with Crippen molar-refractivity contribution >= 4 is 11.8 Å². The molecule has 0 bridgehead atoms. The second-order valence-electron chi connectivity index (χ2n) is 2.25. The second kappa shape index (κ2) is 3.42. The van der Waals surface area contributed by atoms with E-state index in [0.717, 1.165) is 0 Å². The number of hydrogen-bond donors (Lipinski definition) is 0. The highest BCUT2D eigenvalue weighted by Crippen LogP contribution is 2.40. The first kappa shape index (κ1) is 13.8. The molecule has 0 rings (SSSR count). The molecular weight excluding hydrogens is 244 g/mol.